The number of hydrogen-bond acceptors (Lipinski definition) is 7. The van der Waals surface area contributed by atoms with Crippen molar-refractivity contribution in [3.05, 3.63) is 58.8 Å². The fraction of sp³-hybridized carbons (Fsp3) is 0.105. The third-order valence-electron chi connectivity index (χ3n) is 4.33. The maximum Gasteiger partial charge on any atom is 0.339 e. The molecule has 5 heterocycles. The molecule has 0 radical (unpaired) electrons. The number of ether oxygens (including phenoxy) is 1. The highest BCUT2D eigenvalue weighted by Gasteiger charge is 2.18. The molecule has 28 heavy (non-hydrogen) atoms. The smallest absolute Gasteiger partial charge is 0.339 e. The number of carbonyl (C=O) groups excluding carboxylic acids is 1. The normalized spacial score (nSPS) is 11.5. The van der Waals surface area contributed by atoms with Gasteiger partial charge in [0.15, 0.2) is 0 Å². The van der Waals surface area contributed by atoms with Gasteiger partial charge in [-0.05, 0) is 25.1 Å². The zero-order valence-electron chi connectivity index (χ0n) is 14.7. The number of nitrogens with zero attached hydrogens (tertiary/aromatic N) is 4. The molecule has 0 aromatic carbocycles. The second kappa shape index (κ2) is 6.24. The van der Waals surface area contributed by atoms with Crippen LogP contribution >= 0.6 is 11.3 Å². The fourth-order valence-corrected chi connectivity index (χ4v) is 4.17. The van der Waals surface area contributed by atoms with Gasteiger partial charge in [0.1, 0.15) is 21.3 Å². The molecule has 8 nitrogen and oxygen atoms in total. The van der Waals surface area contributed by atoms with Crippen molar-refractivity contribution >= 4 is 44.1 Å². The molecular formula is C19H13N5O3S. The van der Waals surface area contributed by atoms with E-state index in [0.717, 1.165) is 15.4 Å². The van der Waals surface area contributed by atoms with E-state index in [0.29, 0.717) is 21.9 Å². The van der Waals surface area contributed by atoms with Gasteiger partial charge in [-0.1, -0.05) is 6.07 Å². The van der Waals surface area contributed by atoms with Crippen LogP contribution < -0.4 is 5.56 Å². The summed E-state index contributed by atoms with van der Waals surface area (Å²) in [5.41, 5.74) is 2.28. The predicted molar refractivity (Wildman–Crippen MR) is 106 cm³/mol. The van der Waals surface area contributed by atoms with Crippen LogP contribution in [0.3, 0.4) is 0 Å². The first-order chi connectivity index (χ1) is 13.7. The maximum absolute atomic E-state index is 12.8. The molecule has 138 valence electrons. The van der Waals surface area contributed by atoms with Gasteiger partial charge in [0.05, 0.1) is 28.3 Å². The number of carbonyl (C=O) groups is 1. The van der Waals surface area contributed by atoms with Crippen molar-refractivity contribution in [3.8, 4) is 10.6 Å². The van der Waals surface area contributed by atoms with Crippen LogP contribution in [0.25, 0.3) is 37.3 Å². The van der Waals surface area contributed by atoms with Gasteiger partial charge in [0, 0.05) is 18.6 Å². The SMILES string of the molecule is CCOC(=O)c1cnc2c(c1)[nH]c(=O)c1c2nn2cc(-c3ccccn3)sc12. The molecule has 0 spiro atoms. The van der Waals surface area contributed by atoms with Crippen molar-refractivity contribution in [1.82, 2.24) is 24.6 Å². The molecule has 0 atom stereocenters. The van der Waals surface area contributed by atoms with Gasteiger partial charge in [0.25, 0.3) is 5.56 Å². The van der Waals surface area contributed by atoms with Gasteiger partial charge >= 0.3 is 5.97 Å². The molecule has 0 unspecified atom stereocenters. The number of rotatable bonds is 3. The number of thiazole rings is 1. The summed E-state index contributed by atoms with van der Waals surface area (Å²) in [5.74, 6) is -0.483. The molecule has 0 aliphatic carbocycles. The predicted octanol–water partition coefficient (Wildman–Crippen LogP) is 3.02. The van der Waals surface area contributed by atoms with Crippen LogP contribution in [0.5, 0.6) is 0 Å². The quantitative estimate of drug-likeness (QED) is 0.474. The minimum atomic E-state index is -0.483. The standard InChI is InChI=1S/C19H13N5O3S/c1-2-27-19(26)10-7-12-15(21-8-10)16-14(17(25)22-12)18-24(23-16)9-13(28-18)11-5-3-4-6-20-11/h3-9H,2H2,1H3,(H,22,25). The van der Waals surface area contributed by atoms with Crippen LogP contribution in [0.2, 0.25) is 0 Å². The van der Waals surface area contributed by atoms with E-state index in [1.807, 2.05) is 24.4 Å². The third kappa shape index (κ3) is 2.48. The Bertz CT molecular complexity index is 1420. The minimum absolute atomic E-state index is 0.266. The molecule has 5 aromatic heterocycles. The first kappa shape index (κ1) is 16.6. The zero-order valence-corrected chi connectivity index (χ0v) is 15.5. The number of pyridine rings is 3. The third-order valence-corrected chi connectivity index (χ3v) is 5.45. The van der Waals surface area contributed by atoms with E-state index in [9.17, 15) is 9.59 Å². The van der Waals surface area contributed by atoms with E-state index >= 15 is 0 Å². The summed E-state index contributed by atoms with van der Waals surface area (Å²) in [6.45, 7) is 2.00. The van der Waals surface area contributed by atoms with E-state index in [4.69, 9.17) is 4.74 Å². The first-order valence-corrected chi connectivity index (χ1v) is 9.40. The zero-order chi connectivity index (χ0) is 19.3. The van der Waals surface area contributed by atoms with E-state index in [2.05, 4.69) is 20.1 Å². The van der Waals surface area contributed by atoms with Crippen molar-refractivity contribution in [2.45, 2.75) is 6.92 Å². The number of aromatic amines is 1. The van der Waals surface area contributed by atoms with E-state index in [1.165, 1.54) is 17.5 Å². The maximum atomic E-state index is 12.8. The van der Waals surface area contributed by atoms with Crippen LogP contribution in [0, 0.1) is 0 Å². The Morgan fingerprint density at radius 3 is 2.96 bits per heavy atom. The summed E-state index contributed by atoms with van der Waals surface area (Å²) < 4.78 is 6.67. The molecule has 0 saturated heterocycles. The summed E-state index contributed by atoms with van der Waals surface area (Å²) >= 11 is 1.44. The lowest BCUT2D eigenvalue weighted by molar-refractivity contribution is 0.0526. The van der Waals surface area contributed by atoms with E-state index in [1.54, 1.807) is 23.7 Å². The van der Waals surface area contributed by atoms with Gasteiger partial charge in [0.2, 0.25) is 0 Å². The molecule has 1 N–H and O–H groups in total. The van der Waals surface area contributed by atoms with Crippen molar-refractivity contribution in [2.24, 2.45) is 0 Å². The van der Waals surface area contributed by atoms with Crippen LogP contribution in [-0.4, -0.2) is 37.1 Å². The number of nitrogens with one attached hydrogen (secondary N) is 1. The van der Waals surface area contributed by atoms with Crippen molar-refractivity contribution in [1.29, 1.82) is 0 Å². The van der Waals surface area contributed by atoms with E-state index < -0.39 is 5.97 Å². The number of fused-ring (bicyclic) bond motifs is 5. The number of aromatic nitrogens is 5. The van der Waals surface area contributed by atoms with Gasteiger partial charge < -0.3 is 9.72 Å². The molecule has 0 saturated carbocycles. The average Bonchev–Trinajstić information content (AvgIpc) is 3.27. The highest BCUT2D eigenvalue weighted by Crippen LogP contribution is 2.32. The van der Waals surface area contributed by atoms with Gasteiger partial charge in [-0.3, -0.25) is 14.8 Å². The fourth-order valence-electron chi connectivity index (χ4n) is 3.10. The van der Waals surface area contributed by atoms with Crippen LogP contribution in [0.4, 0.5) is 0 Å². The largest absolute Gasteiger partial charge is 0.462 e. The molecule has 5 aromatic rings. The molecule has 0 aliphatic rings. The summed E-state index contributed by atoms with van der Waals surface area (Å²) in [7, 11) is 0. The minimum Gasteiger partial charge on any atom is -0.462 e. The Balaban J connectivity index is 1.73. The summed E-state index contributed by atoms with van der Waals surface area (Å²) in [6.07, 6.45) is 5.01. The van der Waals surface area contributed by atoms with Crippen molar-refractivity contribution in [3.63, 3.8) is 0 Å². The van der Waals surface area contributed by atoms with Gasteiger partial charge in [-0.2, -0.15) is 5.10 Å². The lowest BCUT2D eigenvalue weighted by atomic mass is 10.2. The van der Waals surface area contributed by atoms with Crippen LogP contribution in [0.15, 0.2) is 47.7 Å². The topological polar surface area (TPSA) is 102 Å². The number of H-pyrrole nitrogens is 1. The van der Waals surface area contributed by atoms with Crippen LogP contribution in [-0.2, 0) is 4.74 Å². The van der Waals surface area contributed by atoms with Crippen molar-refractivity contribution < 1.29 is 9.53 Å². The van der Waals surface area contributed by atoms with Gasteiger partial charge in [-0.15, -0.1) is 11.3 Å². The second-order valence-electron chi connectivity index (χ2n) is 6.08. The van der Waals surface area contributed by atoms with Crippen molar-refractivity contribution in [2.75, 3.05) is 6.61 Å². The lowest BCUT2D eigenvalue weighted by Gasteiger charge is -2.03. The number of esters is 1. The molecule has 0 fully saturated rings. The molecule has 0 bridgehead atoms. The Kier molecular flexibility index (Phi) is 3.69. The Labute approximate surface area is 161 Å². The molecule has 0 amide bonds. The Morgan fingerprint density at radius 1 is 1.29 bits per heavy atom. The van der Waals surface area contributed by atoms with E-state index in [-0.39, 0.29) is 17.7 Å². The average molecular weight is 391 g/mol. The summed E-state index contributed by atoms with van der Waals surface area (Å²) in [4.78, 5) is 37.8. The highest BCUT2D eigenvalue weighted by molar-refractivity contribution is 7.21. The highest BCUT2D eigenvalue weighted by atomic mass is 32.1. The molecular weight excluding hydrogens is 378 g/mol. The number of hydrogen-bond donors (Lipinski definition) is 1. The molecule has 5 rings (SSSR count). The van der Waals surface area contributed by atoms with Crippen LogP contribution in [0.1, 0.15) is 17.3 Å². The summed E-state index contributed by atoms with van der Waals surface area (Å²) in [6, 6.07) is 7.23. The first-order valence-electron chi connectivity index (χ1n) is 8.58. The Hall–Kier alpha value is -3.59. The van der Waals surface area contributed by atoms with Gasteiger partial charge in [-0.25, -0.2) is 9.31 Å². The summed E-state index contributed by atoms with van der Waals surface area (Å²) in [5, 5.41) is 5.03. The molecule has 9 heteroatoms. The monoisotopic (exact) mass is 391 g/mol. The second-order valence-corrected chi connectivity index (χ2v) is 7.11. The molecule has 0 aliphatic heterocycles. The Morgan fingerprint density at radius 2 is 2.18 bits per heavy atom. The lowest BCUT2D eigenvalue weighted by Crippen LogP contribution is -2.09.